The van der Waals surface area contributed by atoms with Gasteiger partial charge in [-0.1, -0.05) is 161 Å². The van der Waals surface area contributed by atoms with Crippen molar-refractivity contribution < 1.29 is 15.3 Å². The topological polar surface area (TPSA) is 60.7 Å². The molecule has 4 aromatic carbocycles. The van der Waals surface area contributed by atoms with Crippen LogP contribution in [0.15, 0.2) is 54.6 Å². The lowest BCUT2D eigenvalue weighted by Gasteiger charge is -2.31. The summed E-state index contributed by atoms with van der Waals surface area (Å²) in [5, 5.41) is 37.0. The number of phenols is 3. The smallest absolute Gasteiger partial charge is 0.127 e. The van der Waals surface area contributed by atoms with Crippen molar-refractivity contribution in [3.63, 3.8) is 0 Å². The van der Waals surface area contributed by atoms with Crippen molar-refractivity contribution in [2.24, 2.45) is 0 Å². The molecule has 0 amide bonds. The lowest BCUT2D eigenvalue weighted by Crippen LogP contribution is -2.18. The zero-order valence-corrected chi connectivity index (χ0v) is 35.0. The van der Waals surface area contributed by atoms with E-state index in [0.717, 1.165) is 50.1 Å². The zero-order chi connectivity index (χ0) is 39.0. The molecule has 51 heavy (non-hydrogen) atoms. The summed E-state index contributed by atoms with van der Waals surface area (Å²) in [6, 6.07) is 18.9. The molecule has 3 N–H and O–H groups in total. The van der Waals surface area contributed by atoms with Gasteiger partial charge >= 0.3 is 0 Å². The highest BCUT2D eigenvalue weighted by molar-refractivity contribution is 5.99. The standard InChI is InChI=1S/C48H66O3/c1-43(2,3)28-22-33(40(49)36(25-28)46(10,11)12)31-20-19-21-32(34-23-29(44(4,5)6)26-37(41(34)50)47(13,14)15)39(31)35-24-30(45(7,8)9)27-38(42(35)51)48(16,17)18/h19-27,49-51H,1-18H3. The fourth-order valence-corrected chi connectivity index (χ4v) is 6.81. The second-order valence-electron chi connectivity index (χ2n) is 21.0. The van der Waals surface area contributed by atoms with Gasteiger partial charge in [-0.2, -0.15) is 0 Å². The van der Waals surface area contributed by atoms with Gasteiger partial charge in [0.1, 0.15) is 17.2 Å². The maximum absolute atomic E-state index is 12.5. The highest BCUT2D eigenvalue weighted by atomic mass is 16.3. The van der Waals surface area contributed by atoms with Crippen LogP contribution in [-0.2, 0) is 32.5 Å². The summed E-state index contributed by atoms with van der Waals surface area (Å²) in [5.74, 6) is 0.688. The maximum Gasteiger partial charge on any atom is 0.127 e. The van der Waals surface area contributed by atoms with Gasteiger partial charge in [0.15, 0.2) is 0 Å². The third kappa shape index (κ3) is 8.03. The number of benzene rings is 4. The average molecular weight is 691 g/mol. The van der Waals surface area contributed by atoms with Crippen LogP contribution in [-0.4, -0.2) is 15.3 Å². The maximum atomic E-state index is 12.5. The molecule has 3 nitrogen and oxygen atoms in total. The molecular formula is C48H66O3. The van der Waals surface area contributed by atoms with Crippen molar-refractivity contribution in [1.82, 2.24) is 0 Å². The van der Waals surface area contributed by atoms with Crippen LogP contribution in [0.4, 0.5) is 0 Å². The van der Waals surface area contributed by atoms with Crippen LogP contribution in [0.3, 0.4) is 0 Å². The van der Waals surface area contributed by atoms with Gasteiger partial charge in [0.2, 0.25) is 0 Å². The Hall–Kier alpha value is -3.72. The summed E-state index contributed by atoms with van der Waals surface area (Å²) >= 11 is 0. The first-order valence-electron chi connectivity index (χ1n) is 18.6. The van der Waals surface area contributed by atoms with E-state index in [1.165, 1.54) is 0 Å². The Morgan fingerprint density at radius 1 is 0.314 bits per heavy atom. The van der Waals surface area contributed by atoms with E-state index in [0.29, 0.717) is 16.7 Å². The van der Waals surface area contributed by atoms with E-state index >= 15 is 0 Å². The largest absolute Gasteiger partial charge is 0.507 e. The molecule has 0 unspecified atom stereocenters. The molecule has 0 aliphatic carbocycles. The van der Waals surface area contributed by atoms with Gasteiger partial charge in [0.25, 0.3) is 0 Å². The van der Waals surface area contributed by atoms with Gasteiger partial charge in [-0.05, 0) is 78.5 Å². The van der Waals surface area contributed by atoms with Crippen molar-refractivity contribution in [2.75, 3.05) is 0 Å². The van der Waals surface area contributed by atoms with E-state index in [1.54, 1.807) is 0 Å². The predicted octanol–water partition coefficient (Wildman–Crippen LogP) is 13.6. The average Bonchev–Trinajstić information content (AvgIpc) is 2.93. The van der Waals surface area contributed by atoms with E-state index < -0.39 is 0 Å². The number of rotatable bonds is 3. The molecule has 0 fully saturated rings. The summed E-state index contributed by atoms with van der Waals surface area (Å²) in [7, 11) is 0. The van der Waals surface area contributed by atoms with Gasteiger partial charge in [-0.15, -0.1) is 0 Å². The third-order valence-corrected chi connectivity index (χ3v) is 10.3. The number of phenolic OH excluding ortho intramolecular Hbond substituents is 3. The Kier molecular flexibility index (Phi) is 10.0. The molecule has 4 rings (SSSR count). The Balaban J connectivity index is 2.39. The molecule has 4 aromatic rings. The Labute approximate surface area is 310 Å². The molecule has 0 radical (unpaired) electrons. The van der Waals surface area contributed by atoms with Crippen LogP contribution in [0.5, 0.6) is 17.2 Å². The Bertz CT molecular complexity index is 1850. The quantitative estimate of drug-likeness (QED) is 0.200. The second kappa shape index (κ2) is 12.7. The SMILES string of the molecule is CC(C)(C)c1cc(-c2cccc(-c3cc(C(C)(C)C)cc(C(C)(C)C)c3O)c2-c2cc(C(C)(C)C)cc(C(C)(C)C)c2O)c(O)c(C(C)(C)C)c1. The molecule has 0 bridgehead atoms. The van der Waals surface area contributed by atoms with Crippen LogP contribution in [0.2, 0.25) is 0 Å². The van der Waals surface area contributed by atoms with Gasteiger partial charge in [0.05, 0.1) is 0 Å². The highest BCUT2D eigenvalue weighted by Crippen LogP contribution is 2.53. The lowest BCUT2D eigenvalue weighted by molar-refractivity contribution is 0.445. The highest BCUT2D eigenvalue weighted by Gasteiger charge is 2.32. The van der Waals surface area contributed by atoms with Gasteiger partial charge < -0.3 is 15.3 Å². The van der Waals surface area contributed by atoms with E-state index in [1.807, 2.05) is 6.07 Å². The monoisotopic (exact) mass is 691 g/mol. The molecule has 0 saturated heterocycles. The lowest BCUT2D eigenvalue weighted by atomic mass is 9.74. The number of hydrogen-bond acceptors (Lipinski definition) is 3. The molecule has 0 aliphatic rings. The fraction of sp³-hybridized carbons (Fsp3) is 0.500. The predicted molar refractivity (Wildman–Crippen MR) is 220 cm³/mol. The summed E-state index contributed by atoms with van der Waals surface area (Å²) in [6.07, 6.45) is 0. The molecular weight excluding hydrogens is 625 g/mol. The second-order valence-corrected chi connectivity index (χ2v) is 21.0. The van der Waals surface area contributed by atoms with Gasteiger partial charge in [0, 0.05) is 38.9 Å². The van der Waals surface area contributed by atoms with Crippen molar-refractivity contribution >= 4 is 0 Å². The molecule has 0 heterocycles. The Morgan fingerprint density at radius 2 is 0.569 bits per heavy atom. The number of hydrogen-bond donors (Lipinski definition) is 3. The van der Waals surface area contributed by atoms with Crippen molar-refractivity contribution in [2.45, 2.75) is 157 Å². The minimum Gasteiger partial charge on any atom is -0.507 e. The summed E-state index contributed by atoms with van der Waals surface area (Å²) in [6.45, 7) is 39.0. The van der Waals surface area contributed by atoms with Crippen LogP contribution in [0.25, 0.3) is 33.4 Å². The molecule has 0 aliphatic heterocycles. The molecule has 0 saturated carbocycles. The molecule has 276 valence electrons. The van der Waals surface area contributed by atoms with Crippen LogP contribution >= 0.6 is 0 Å². The zero-order valence-electron chi connectivity index (χ0n) is 35.0. The van der Waals surface area contributed by atoms with Gasteiger partial charge in [-0.25, -0.2) is 0 Å². The summed E-state index contributed by atoms with van der Waals surface area (Å²) in [4.78, 5) is 0. The van der Waals surface area contributed by atoms with Crippen molar-refractivity contribution in [1.29, 1.82) is 0 Å². The Morgan fingerprint density at radius 3 is 0.824 bits per heavy atom. The minimum atomic E-state index is -0.351. The van der Waals surface area contributed by atoms with E-state index in [2.05, 4.69) is 173 Å². The summed E-state index contributed by atoms with van der Waals surface area (Å²) in [5.41, 5.74) is 8.87. The molecule has 0 spiro atoms. The van der Waals surface area contributed by atoms with Crippen molar-refractivity contribution in [3.05, 3.63) is 88.0 Å². The fourth-order valence-electron chi connectivity index (χ4n) is 6.81. The first-order valence-corrected chi connectivity index (χ1v) is 18.6. The molecule has 0 aromatic heterocycles. The van der Waals surface area contributed by atoms with Crippen LogP contribution in [0, 0.1) is 0 Å². The third-order valence-electron chi connectivity index (χ3n) is 10.3. The van der Waals surface area contributed by atoms with Crippen LogP contribution in [0.1, 0.15) is 158 Å². The van der Waals surface area contributed by atoms with Gasteiger partial charge in [-0.3, -0.25) is 0 Å². The van der Waals surface area contributed by atoms with Crippen LogP contribution < -0.4 is 0 Å². The minimum absolute atomic E-state index is 0.186. The number of aromatic hydroxyl groups is 3. The first kappa shape index (κ1) is 40.1. The van der Waals surface area contributed by atoms with E-state index in [4.69, 9.17) is 0 Å². The summed E-state index contributed by atoms with van der Waals surface area (Å²) < 4.78 is 0. The molecule has 3 heteroatoms. The van der Waals surface area contributed by atoms with E-state index in [-0.39, 0.29) is 49.7 Å². The normalized spacial score (nSPS) is 13.5. The first-order chi connectivity index (χ1) is 22.8. The van der Waals surface area contributed by atoms with Crippen molar-refractivity contribution in [3.8, 4) is 50.6 Å². The van der Waals surface area contributed by atoms with E-state index in [9.17, 15) is 15.3 Å². The molecule has 0 atom stereocenters.